The number of likely N-dealkylation sites (N-methyl/N-ethyl adjacent to an activating group) is 1. The second-order valence-electron chi connectivity index (χ2n) is 9.80. The number of alkyl halides is 6. The second kappa shape index (κ2) is 13.0. The van der Waals surface area contributed by atoms with Crippen molar-refractivity contribution in [3.63, 3.8) is 0 Å². The highest BCUT2D eigenvalue weighted by Gasteiger charge is 2.37. The van der Waals surface area contributed by atoms with Gasteiger partial charge in [-0.05, 0) is 79.6 Å². The van der Waals surface area contributed by atoms with Crippen LogP contribution in [0.3, 0.4) is 0 Å². The molecule has 0 spiro atoms. The number of nitrogens with zero attached hydrogens (tertiary/aromatic N) is 1. The summed E-state index contributed by atoms with van der Waals surface area (Å²) in [5.41, 5.74) is 1.83. The molecule has 0 amide bonds. The Labute approximate surface area is 216 Å². The molecule has 2 aliphatic rings. The summed E-state index contributed by atoms with van der Waals surface area (Å²) in [6, 6.07) is 1.71. The van der Waals surface area contributed by atoms with Gasteiger partial charge < -0.3 is 10.6 Å². The Balaban J connectivity index is 0.00000235. The molecule has 3 nitrogen and oxygen atoms in total. The molecule has 208 valence electrons. The van der Waals surface area contributed by atoms with Crippen molar-refractivity contribution >= 4 is 0 Å². The van der Waals surface area contributed by atoms with Crippen molar-refractivity contribution in [3.05, 3.63) is 69.5 Å². The van der Waals surface area contributed by atoms with Gasteiger partial charge in [-0.3, -0.25) is 4.90 Å². The Morgan fingerprint density at radius 1 is 1.00 bits per heavy atom. The van der Waals surface area contributed by atoms with Crippen LogP contribution in [-0.2, 0) is 18.9 Å². The third kappa shape index (κ3) is 8.64. The van der Waals surface area contributed by atoms with Crippen LogP contribution >= 0.6 is 0 Å². The third-order valence-electron chi connectivity index (χ3n) is 6.21. The molecule has 37 heavy (non-hydrogen) atoms. The van der Waals surface area contributed by atoms with E-state index in [1.165, 1.54) is 11.1 Å². The van der Waals surface area contributed by atoms with Gasteiger partial charge in [-0.15, -0.1) is 0 Å². The Morgan fingerprint density at radius 3 is 2.14 bits per heavy atom. The van der Waals surface area contributed by atoms with E-state index in [1.807, 2.05) is 20.9 Å². The van der Waals surface area contributed by atoms with E-state index in [0.717, 1.165) is 49.2 Å². The molecule has 9 heteroatoms. The van der Waals surface area contributed by atoms with Gasteiger partial charge in [-0.2, -0.15) is 26.3 Å². The summed E-state index contributed by atoms with van der Waals surface area (Å²) in [4.78, 5) is 2.19. The van der Waals surface area contributed by atoms with Gasteiger partial charge in [0.05, 0.1) is 11.1 Å². The van der Waals surface area contributed by atoms with E-state index in [1.54, 1.807) is 0 Å². The molecule has 0 bridgehead atoms. The van der Waals surface area contributed by atoms with Crippen LogP contribution in [0.2, 0.25) is 0 Å². The molecule has 1 aromatic carbocycles. The highest BCUT2D eigenvalue weighted by atomic mass is 19.4. The van der Waals surface area contributed by atoms with E-state index in [2.05, 4.69) is 48.5 Å². The predicted octanol–water partition coefficient (Wildman–Crippen LogP) is 7.67. The average molecular weight is 532 g/mol. The van der Waals surface area contributed by atoms with Gasteiger partial charge in [-0.25, -0.2) is 0 Å². The van der Waals surface area contributed by atoms with Crippen LogP contribution in [0, 0.1) is 5.92 Å². The quantitative estimate of drug-likeness (QED) is 0.354. The fourth-order valence-electron chi connectivity index (χ4n) is 4.67. The maximum Gasteiger partial charge on any atom is 0.416 e. The Morgan fingerprint density at radius 2 is 1.59 bits per heavy atom. The predicted molar refractivity (Wildman–Crippen MR) is 137 cm³/mol. The smallest absolute Gasteiger partial charge is 0.366 e. The zero-order chi connectivity index (χ0) is 28.0. The fourth-order valence-corrected chi connectivity index (χ4v) is 4.67. The van der Waals surface area contributed by atoms with Crippen LogP contribution in [-0.4, -0.2) is 31.2 Å². The van der Waals surface area contributed by atoms with Crippen molar-refractivity contribution in [1.29, 1.82) is 0 Å². The standard InChI is InChI=1S/C26H33F6N3.C2H6/c1-16(2)15-35(4)24-20(11-19-8-6-5-7-17(3)23(19)34-24)14-33-13-18-9-21(25(27,28)29)12-22(10-18)26(30,31)32;1-2/h7,9-12,16,24,33-34H,5-6,8,13-15H2,1-4H3;1-2H3. The monoisotopic (exact) mass is 531 g/mol. The van der Waals surface area contributed by atoms with E-state index in [0.29, 0.717) is 12.5 Å². The number of hydrogen-bond acceptors (Lipinski definition) is 3. The first-order chi connectivity index (χ1) is 17.3. The van der Waals surface area contributed by atoms with Gasteiger partial charge in [0.25, 0.3) is 0 Å². The van der Waals surface area contributed by atoms with Crippen molar-refractivity contribution in [3.8, 4) is 0 Å². The first kappa shape index (κ1) is 31.0. The first-order valence-electron chi connectivity index (χ1n) is 12.8. The second-order valence-corrected chi connectivity index (χ2v) is 9.80. The van der Waals surface area contributed by atoms with Crippen molar-refractivity contribution in [1.82, 2.24) is 15.5 Å². The molecule has 1 aliphatic heterocycles. The number of dihydropyridines is 1. The summed E-state index contributed by atoms with van der Waals surface area (Å²) in [5.74, 6) is 0.419. The number of halogens is 6. The van der Waals surface area contributed by atoms with E-state index >= 15 is 0 Å². The lowest BCUT2D eigenvalue weighted by atomic mass is 9.96. The fraction of sp³-hybridized carbons (Fsp3) is 0.571. The maximum atomic E-state index is 13.2. The number of rotatable bonds is 7. The van der Waals surface area contributed by atoms with Gasteiger partial charge in [0.15, 0.2) is 0 Å². The summed E-state index contributed by atoms with van der Waals surface area (Å²) < 4.78 is 79.2. The first-order valence-corrected chi connectivity index (χ1v) is 12.8. The SMILES string of the molecule is CC.CC1=CCCCC2=C1NC(N(C)CC(C)C)C(CNCc1cc(C(F)(F)F)cc(C(F)(F)F)c1)=C2. The van der Waals surface area contributed by atoms with Crippen LogP contribution in [0.25, 0.3) is 0 Å². The van der Waals surface area contributed by atoms with Crippen molar-refractivity contribution in [2.75, 3.05) is 20.1 Å². The molecule has 0 saturated heterocycles. The zero-order valence-corrected chi connectivity index (χ0v) is 22.5. The molecule has 1 atom stereocenters. The molecule has 2 N–H and O–H groups in total. The molecule has 1 unspecified atom stereocenters. The van der Waals surface area contributed by atoms with Gasteiger partial charge in [0.2, 0.25) is 0 Å². The van der Waals surface area contributed by atoms with Gasteiger partial charge >= 0.3 is 12.4 Å². The lowest BCUT2D eigenvalue weighted by Crippen LogP contribution is -2.49. The Hall–Kier alpha value is -2.26. The molecule has 1 aromatic rings. The largest absolute Gasteiger partial charge is 0.416 e. The number of benzene rings is 1. The Kier molecular flexibility index (Phi) is 10.9. The highest BCUT2D eigenvalue weighted by molar-refractivity contribution is 5.45. The van der Waals surface area contributed by atoms with Crippen LogP contribution in [0.15, 0.2) is 52.8 Å². The summed E-state index contributed by atoms with van der Waals surface area (Å²) in [6.45, 7) is 11.4. The summed E-state index contributed by atoms with van der Waals surface area (Å²) in [6.07, 6.45) is -2.57. The lowest BCUT2D eigenvalue weighted by molar-refractivity contribution is -0.143. The van der Waals surface area contributed by atoms with Crippen molar-refractivity contribution in [2.24, 2.45) is 5.92 Å². The molecular weight excluding hydrogens is 492 g/mol. The van der Waals surface area contributed by atoms with Crippen molar-refractivity contribution < 1.29 is 26.3 Å². The summed E-state index contributed by atoms with van der Waals surface area (Å²) in [7, 11) is 2.01. The number of allylic oxidation sites excluding steroid dienone is 4. The number of hydrogen-bond donors (Lipinski definition) is 2. The molecule has 0 radical (unpaired) electrons. The summed E-state index contributed by atoms with van der Waals surface area (Å²) in [5, 5.41) is 6.72. The van der Waals surface area contributed by atoms with Crippen LogP contribution in [0.5, 0.6) is 0 Å². The third-order valence-corrected chi connectivity index (χ3v) is 6.21. The van der Waals surface area contributed by atoms with Gasteiger partial charge in [0.1, 0.15) is 6.17 Å². The Bertz CT molecular complexity index is 970. The average Bonchev–Trinajstić information content (AvgIpc) is 2.99. The molecule has 0 saturated carbocycles. The van der Waals surface area contributed by atoms with Gasteiger partial charge in [-0.1, -0.05) is 39.8 Å². The van der Waals surface area contributed by atoms with Gasteiger partial charge in [0, 0.05) is 25.3 Å². The maximum absolute atomic E-state index is 13.2. The molecule has 0 fully saturated rings. The van der Waals surface area contributed by atoms with E-state index in [-0.39, 0.29) is 24.3 Å². The van der Waals surface area contributed by atoms with E-state index in [4.69, 9.17) is 0 Å². The summed E-state index contributed by atoms with van der Waals surface area (Å²) >= 11 is 0. The lowest BCUT2D eigenvalue weighted by Gasteiger charge is -2.37. The van der Waals surface area contributed by atoms with Crippen LogP contribution in [0.1, 0.15) is 70.6 Å². The van der Waals surface area contributed by atoms with E-state index < -0.39 is 23.5 Å². The minimum atomic E-state index is -4.86. The topological polar surface area (TPSA) is 27.3 Å². The van der Waals surface area contributed by atoms with Crippen LogP contribution in [0.4, 0.5) is 26.3 Å². The molecular formula is C28H39F6N3. The minimum Gasteiger partial charge on any atom is -0.366 e. The highest BCUT2D eigenvalue weighted by Crippen LogP contribution is 2.36. The zero-order valence-electron chi connectivity index (χ0n) is 22.5. The van der Waals surface area contributed by atoms with Crippen LogP contribution < -0.4 is 10.6 Å². The minimum absolute atomic E-state index is 0.0586. The molecule has 1 aliphatic carbocycles. The normalized spacial score (nSPS) is 18.5. The number of nitrogens with one attached hydrogen (secondary N) is 2. The van der Waals surface area contributed by atoms with E-state index in [9.17, 15) is 26.3 Å². The molecule has 3 rings (SSSR count). The van der Waals surface area contributed by atoms with Crippen molar-refractivity contribution in [2.45, 2.75) is 78.9 Å². The molecule has 0 aromatic heterocycles. The molecule has 1 heterocycles.